The van der Waals surface area contributed by atoms with Gasteiger partial charge in [-0.15, -0.1) is 6.58 Å². The molecule has 0 aromatic heterocycles. The highest BCUT2D eigenvalue weighted by molar-refractivity contribution is 5.50. The molecular weight excluding hydrogens is 120 g/mol. The molecular formula is C6H10O3. The fourth-order valence-electron chi connectivity index (χ4n) is 0.448. The molecule has 2 N–H and O–H groups in total. The van der Waals surface area contributed by atoms with E-state index in [-0.39, 0.29) is 12.8 Å². The van der Waals surface area contributed by atoms with Crippen LogP contribution in [-0.4, -0.2) is 22.3 Å². The predicted molar refractivity (Wildman–Crippen MR) is 32.7 cm³/mol. The van der Waals surface area contributed by atoms with Gasteiger partial charge in [-0.2, -0.15) is 0 Å². The predicted octanol–water partition coefficient (Wildman–Crippen LogP) is -0.168. The lowest BCUT2D eigenvalue weighted by Gasteiger charge is -2.15. The lowest BCUT2D eigenvalue weighted by molar-refractivity contribution is -0.163. The van der Waals surface area contributed by atoms with E-state index in [0.717, 1.165) is 0 Å². The van der Waals surface area contributed by atoms with Crippen molar-refractivity contribution in [1.29, 1.82) is 0 Å². The van der Waals surface area contributed by atoms with Crippen LogP contribution in [0.2, 0.25) is 0 Å². The first-order valence-electron chi connectivity index (χ1n) is 2.61. The maximum absolute atomic E-state index is 9.74. The summed E-state index contributed by atoms with van der Waals surface area (Å²) in [6.45, 7) is 3.29. The molecule has 0 saturated heterocycles. The van der Waals surface area contributed by atoms with Gasteiger partial charge >= 0.3 is 0 Å². The van der Waals surface area contributed by atoms with E-state index in [9.17, 15) is 4.79 Å². The van der Waals surface area contributed by atoms with E-state index in [1.165, 1.54) is 6.08 Å². The van der Waals surface area contributed by atoms with Gasteiger partial charge in [0, 0.05) is 6.42 Å². The molecule has 0 fully saturated rings. The van der Waals surface area contributed by atoms with Gasteiger partial charge in [-0.1, -0.05) is 6.08 Å². The summed E-state index contributed by atoms with van der Waals surface area (Å²) in [5.41, 5.74) is 0. The van der Waals surface area contributed by atoms with E-state index in [4.69, 9.17) is 10.2 Å². The normalized spacial score (nSPS) is 10.9. The van der Waals surface area contributed by atoms with Gasteiger partial charge in [0.2, 0.25) is 0 Å². The largest absolute Gasteiger partial charge is 0.365 e. The summed E-state index contributed by atoms with van der Waals surface area (Å²) in [7, 11) is 0. The summed E-state index contributed by atoms with van der Waals surface area (Å²) in [6, 6.07) is 0. The maximum Gasteiger partial charge on any atom is 0.172 e. The molecule has 52 valence electrons. The third-order valence-electron chi connectivity index (χ3n) is 0.881. The van der Waals surface area contributed by atoms with Crippen molar-refractivity contribution in [2.45, 2.75) is 18.6 Å². The van der Waals surface area contributed by atoms with E-state index in [1.807, 2.05) is 0 Å². The standard InChI is InChI=1S/C6H10O3/c1-2-3-6(8,9)4-5-7/h2,5,8-9H,1,3-4H2. The molecule has 0 bridgehead atoms. The number of hydrogen-bond acceptors (Lipinski definition) is 3. The van der Waals surface area contributed by atoms with E-state index in [1.54, 1.807) is 0 Å². The third kappa shape index (κ3) is 3.88. The lowest BCUT2D eigenvalue weighted by atomic mass is 10.1. The zero-order valence-corrected chi connectivity index (χ0v) is 5.08. The second-order valence-corrected chi connectivity index (χ2v) is 1.85. The fourth-order valence-corrected chi connectivity index (χ4v) is 0.448. The average molecular weight is 130 g/mol. The Morgan fingerprint density at radius 1 is 1.44 bits per heavy atom. The SMILES string of the molecule is C=CCC(O)(O)CC=O. The second kappa shape index (κ2) is 3.37. The maximum atomic E-state index is 9.74. The molecule has 0 aliphatic heterocycles. The monoisotopic (exact) mass is 130 g/mol. The molecule has 0 aromatic rings. The first-order valence-corrected chi connectivity index (χ1v) is 2.61. The molecule has 9 heavy (non-hydrogen) atoms. The van der Waals surface area contributed by atoms with Crippen molar-refractivity contribution in [2.24, 2.45) is 0 Å². The van der Waals surface area contributed by atoms with Crippen LogP contribution in [0, 0.1) is 0 Å². The minimum absolute atomic E-state index is 0.0196. The van der Waals surface area contributed by atoms with Crippen molar-refractivity contribution < 1.29 is 15.0 Å². The Balaban J connectivity index is 3.68. The van der Waals surface area contributed by atoms with Crippen molar-refractivity contribution in [3.05, 3.63) is 12.7 Å². The molecule has 0 aliphatic carbocycles. The smallest absolute Gasteiger partial charge is 0.172 e. The minimum atomic E-state index is -1.89. The topological polar surface area (TPSA) is 57.5 Å². The Bertz CT molecular complexity index is 94.9. The van der Waals surface area contributed by atoms with Crippen LogP contribution in [0.3, 0.4) is 0 Å². The number of carbonyl (C=O) groups is 1. The Morgan fingerprint density at radius 2 is 2.00 bits per heavy atom. The number of carbonyl (C=O) groups excluding carboxylic acids is 1. The quantitative estimate of drug-likeness (QED) is 0.315. The second-order valence-electron chi connectivity index (χ2n) is 1.85. The third-order valence-corrected chi connectivity index (χ3v) is 0.881. The molecule has 0 unspecified atom stereocenters. The Morgan fingerprint density at radius 3 is 2.33 bits per heavy atom. The molecule has 3 heteroatoms. The van der Waals surface area contributed by atoms with Gasteiger partial charge in [-0.3, -0.25) is 0 Å². The van der Waals surface area contributed by atoms with E-state index >= 15 is 0 Å². The molecule has 0 rings (SSSR count). The van der Waals surface area contributed by atoms with Gasteiger partial charge in [0.05, 0.1) is 6.42 Å². The van der Waals surface area contributed by atoms with Crippen molar-refractivity contribution >= 4 is 6.29 Å². The van der Waals surface area contributed by atoms with Crippen molar-refractivity contribution in [3.8, 4) is 0 Å². The lowest BCUT2D eigenvalue weighted by Crippen LogP contribution is -2.27. The molecule has 0 amide bonds. The van der Waals surface area contributed by atoms with Crippen LogP contribution < -0.4 is 0 Å². The first-order chi connectivity index (χ1) is 4.12. The zero-order valence-electron chi connectivity index (χ0n) is 5.08. The highest BCUT2D eigenvalue weighted by Crippen LogP contribution is 2.08. The highest BCUT2D eigenvalue weighted by Gasteiger charge is 2.19. The van der Waals surface area contributed by atoms with Crippen molar-refractivity contribution in [2.75, 3.05) is 0 Å². The number of hydrogen-bond donors (Lipinski definition) is 2. The number of rotatable bonds is 4. The molecule has 3 nitrogen and oxygen atoms in total. The Kier molecular flexibility index (Phi) is 3.12. The van der Waals surface area contributed by atoms with Crippen LogP contribution in [-0.2, 0) is 4.79 Å². The van der Waals surface area contributed by atoms with Crippen LogP contribution in [0.5, 0.6) is 0 Å². The summed E-state index contributed by atoms with van der Waals surface area (Å²) < 4.78 is 0. The fraction of sp³-hybridized carbons (Fsp3) is 0.500. The van der Waals surface area contributed by atoms with Gasteiger partial charge in [0.15, 0.2) is 5.79 Å². The van der Waals surface area contributed by atoms with Crippen LogP contribution in [0.4, 0.5) is 0 Å². The summed E-state index contributed by atoms with van der Waals surface area (Å²) in [5, 5.41) is 17.5. The molecule has 0 aromatic carbocycles. The van der Waals surface area contributed by atoms with E-state index in [0.29, 0.717) is 6.29 Å². The Hall–Kier alpha value is -0.670. The van der Waals surface area contributed by atoms with Crippen LogP contribution in [0.15, 0.2) is 12.7 Å². The molecule has 0 atom stereocenters. The molecule has 0 heterocycles. The van der Waals surface area contributed by atoms with Crippen LogP contribution in [0.25, 0.3) is 0 Å². The van der Waals surface area contributed by atoms with E-state index in [2.05, 4.69) is 6.58 Å². The first kappa shape index (κ1) is 8.33. The molecule has 0 aliphatic rings. The average Bonchev–Trinajstić information content (AvgIpc) is 1.64. The number of aldehydes is 1. The molecule has 0 saturated carbocycles. The van der Waals surface area contributed by atoms with Crippen molar-refractivity contribution in [3.63, 3.8) is 0 Å². The summed E-state index contributed by atoms with van der Waals surface area (Å²) in [4.78, 5) is 9.74. The minimum Gasteiger partial charge on any atom is -0.365 e. The van der Waals surface area contributed by atoms with Gasteiger partial charge in [-0.05, 0) is 0 Å². The molecule has 0 radical (unpaired) electrons. The van der Waals surface area contributed by atoms with Crippen LogP contribution in [0.1, 0.15) is 12.8 Å². The van der Waals surface area contributed by atoms with Gasteiger partial charge in [-0.25, -0.2) is 0 Å². The highest BCUT2D eigenvalue weighted by atomic mass is 16.5. The van der Waals surface area contributed by atoms with E-state index < -0.39 is 5.79 Å². The Labute approximate surface area is 53.6 Å². The summed E-state index contributed by atoms with van der Waals surface area (Å²) in [5.74, 6) is -1.89. The van der Waals surface area contributed by atoms with Gasteiger partial charge in [0.1, 0.15) is 6.29 Å². The zero-order chi connectivity index (χ0) is 7.33. The van der Waals surface area contributed by atoms with Crippen molar-refractivity contribution in [1.82, 2.24) is 0 Å². The van der Waals surface area contributed by atoms with Gasteiger partial charge in [0.25, 0.3) is 0 Å². The van der Waals surface area contributed by atoms with Crippen LogP contribution >= 0.6 is 0 Å². The summed E-state index contributed by atoms with van der Waals surface area (Å²) in [6.07, 6.45) is 1.57. The number of aliphatic hydroxyl groups is 2. The summed E-state index contributed by atoms with van der Waals surface area (Å²) >= 11 is 0. The molecule has 0 spiro atoms. The van der Waals surface area contributed by atoms with Gasteiger partial charge < -0.3 is 15.0 Å².